The number of esters is 1. The van der Waals surface area contributed by atoms with Crippen molar-refractivity contribution in [3.63, 3.8) is 0 Å². The van der Waals surface area contributed by atoms with Crippen molar-refractivity contribution >= 4 is 11.9 Å². The number of carbonyl (C=O) groups excluding carboxylic acids is 1. The van der Waals surface area contributed by atoms with Crippen molar-refractivity contribution in [1.82, 2.24) is 0 Å². The van der Waals surface area contributed by atoms with Gasteiger partial charge in [-0.05, 0) is 20.8 Å². The standard InChI is InChI=1S/C15H26O10/c1-7(2)24-14-13(21)12(20)11(19)8(25-14)6-23-10(18)5-15(3,22)4-9(16)17/h7-8,11-14,19-22H,4-6H2,1-3H3,(H,16,17)/t8-,11-,12+,13-,14-,15-/m1/s1. The van der Waals surface area contributed by atoms with Crippen LogP contribution < -0.4 is 0 Å². The summed E-state index contributed by atoms with van der Waals surface area (Å²) in [5, 5.41) is 48.1. The average molecular weight is 366 g/mol. The molecule has 1 heterocycles. The maximum atomic E-state index is 11.7. The molecule has 1 aliphatic heterocycles. The van der Waals surface area contributed by atoms with Gasteiger partial charge in [0.1, 0.15) is 31.0 Å². The van der Waals surface area contributed by atoms with E-state index in [9.17, 15) is 30.0 Å². The number of aliphatic hydroxyl groups excluding tert-OH is 3. The first-order valence-corrected chi connectivity index (χ1v) is 7.88. The molecule has 0 bridgehead atoms. The predicted molar refractivity (Wildman–Crippen MR) is 81.4 cm³/mol. The van der Waals surface area contributed by atoms with Crippen molar-refractivity contribution in [3.8, 4) is 0 Å². The van der Waals surface area contributed by atoms with Crippen LogP contribution in [0.4, 0.5) is 0 Å². The van der Waals surface area contributed by atoms with Crippen molar-refractivity contribution in [2.75, 3.05) is 6.61 Å². The Labute approximate surface area is 144 Å². The summed E-state index contributed by atoms with van der Waals surface area (Å²) >= 11 is 0. The summed E-state index contributed by atoms with van der Waals surface area (Å²) in [6, 6.07) is 0. The molecule has 1 fully saturated rings. The lowest BCUT2D eigenvalue weighted by Gasteiger charge is -2.40. The zero-order valence-corrected chi connectivity index (χ0v) is 14.4. The van der Waals surface area contributed by atoms with E-state index in [1.54, 1.807) is 13.8 Å². The van der Waals surface area contributed by atoms with Gasteiger partial charge in [0.2, 0.25) is 0 Å². The number of aliphatic hydroxyl groups is 4. The Balaban J connectivity index is 2.59. The van der Waals surface area contributed by atoms with E-state index in [0.717, 1.165) is 0 Å². The third kappa shape index (κ3) is 6.84. The summed E-state index contributed by atoms with van der Waals surface area (Å²) in [5.74, 6) is -2.17. The highest BCUT2D eigenvalue weighted by atomic mass is 16.7. The predicted octanol–water partition coefficient (Wildman–Crippen LogP) is -1.62. The number of carbonyl (C=O) groups is 2. The molecule has 0 saturated carbocycles. The highest BCUT2D eigenvalue weighted by Crippen LogP contribution is 2.24. The van der Waals surface area contributed by atoms with Crippen LogP contribution in [0.1, 0.15) is 33.6 Å². The highest BCUT2D eigenvalue weighted by Gasteiger charge is 2.45. The molecular formula is C15H26O10. The largest absolute Gasteiger partial charge is 0.481 e. The van der Waals surface area contributed by atoms with Gasteiger partial charge < -0.3 is 39.7 Å². The Bertz CT molecular complexity index is 463. The zero-order chi connectivity index (χ0) is 19.4. The summed E-state index contributed by atoms with van der Waals surface area (Å²) in [7, 11) is 0. The van der Waals surface area contributed by atoms with Gasteiger partial charge in [0.15, 0.2) is 6.29 Å². The first-order valence-electron chi connectivity index (χ1n) is 7.88. The second kappa shape index (κ2) is 8.88. The number of carboxylic acids is 1. The first kappa shape index (κ1) is 21.7. The third-order valence-corrected chi connectivity index (χ3v) is 3.54. The summed E-state index contributed by atoms with van der Waals surface area (Å²) in [5.41, 5.74) is -1.78. The molecule has 0 unspecified atom stereocenters. The van der Waals surface area contributed by atoms with Crippen LogP contribution in [0.2, 0.25) is 0 Å². The Kier molecular flexibility index (Phi) is 7.72. The Hall–Kier alpha value is -1.30. The fraction of sp³-hybridized carbons (Fsp3) is 0.867. The molecule has 6 atom stereocenters. The van der Waals surface area contributed by atoms with Crippen LogP contribution in [-0.4, -0.2) is 86.5 Å². The van der Waals surface area contributed by atoms with Crippen LogP contribution in [0.5, 0.6) is 0 Å². The van der Waals surface area contributed by atoms with E-state index in [-0.39, 0.29) is 6.10 Å². The second-order valence-corrected chi connectivity index (χ2v) is 6.63. The summed E-state index contributed by atoms with van der Waals surface area (Å²) in [6.07, 6.45) is -8.45. The van der Waals surface area contributed by atoms with E-state index in [1.165, 1.54) is 6.92 Å². The van der Waals surface area contributed by atoms with Gasteiger partial charge in [-0.2, -0.15) is 0 Å². The minimum atomic E-state index is -1.78. The van der Waals surface area contributed by atoms with Crippen LogP contribution >= 0.6 is 0 Å². The first-order chi connectivity index (χ1) is 11.4. The molecule has 5 N–H and O–H groups in total. The molecule has 0 aromatic carbocycles. The third-order valence-electron chi connectivity index (χ3n) is 3.54. The van der Waals surface area contributed by atoms with Gasteiger partial charge >= 0.3 is 11.9 Å². The number of hydrogen-bond acceptors (Lipinski definition) is 9. The molecule has 146 valence electrons. The zero-order valence-electron chi connectivity index (χ0n) is 14.4. The fourth-order valence-corrected chi connectivity index (χ4v) is 2.36. The van der Waals surface area contributed by atoms with E-state index in [0.29, 0.717) is 0 Å². The maximum absolute atomic E-state index is 11.7. The van der Waals surface area contributed by atoms with Crippen molar-refractivity contribution in [3.05, 3.63) is 0 Å². The summed E-state index contributed by atoms with van der Waals surface area (Å²) < 4.78 is 15.5. The summed E-state index contributed by atoms with van der Waals surface area (Å²) in [4.78, 5) is 22.3. The number of ether oxygens (including phenoxy) is 3. The molecular weight excluding hydrogens is 340 g/mol. The van der Waals surface area contributed by atoms with E-state index >= 15 is 0 Å². The number of rotatable bonds is 8. The van der Waals surface area contributed by atoms with E-state index in [2.05, 4.69) is 0 Å². The molecule has 25 heavy (non-hydrogen) atoms. The SMILES string of the molecule is CC(C)O[C@@H]1O[C@H](COC(=O)C[C@](C)(O)CC(=O)O)[C@@H](O)[C@H](O)[C@H]1O. The maximum Gasteiger partial charge on any atom is 0.308 e. The van der Waals surface area contributed by atoms with Gasteiger partial charge in [0.25, 0.3) is 0 Å². The fourth-order valence-electron chi connectivity index (χ4n) is 2.36. The lowest BCUT2D eigenvalue weighted by Crippen LogP contribution is -2.59. The normalized spacial score (nSPS) is 32.2. The van der Waals surface area contributed by atoms with Crippen LogP contribution in [0, 0.1) is 0 Å². The van der Waals surface area contributed by atoms with E-state index in [1.807, 2.05) is 0 Å². The van der Waals surface area contributed by atoms with Crippen molar-refractivity contribution in [2.45, 2.75) is 76.0 Å². The van der Waals surface area contributed by atoms with Crippen molar-refractivity contribution in [1.29, 1.82) is 0 Å². The Morgan fingerprint density at radius 2 is 1.72 bits per heavy atom. The lowest BCUT2D eigenvalue weighted by molar-refractivity contribution is -0.309. The van der Waals surface area contributed by atoms with Gasteiger partial charge in [-0.25, -0.2) is 0 Å². The quantitative estimate of drug-likeness (QED) is 0.315. The minimum absolute atomic E-state index is 0.323. The molecule has 1 rings (SSSR count). The van der Waals surface area contributed by atoms with Gasteiger partial charge in [-0.15, -0.1) is 0 Å². The number of hydrogen-bond donors (Lipinski definition) is 5. The molecule has 10 nitrogen and oxygen atoms in total. The van der Waals surface area contributed by atoms with Gasteiger partial charge in [-0.1, -0.05) is 0 Å². The van der Waals surface area contributed by atoms with Crippen molar-refractivity contribution < 1.29 is 49.3 Å². The number of aliphatic carboxylic acids is 1. The highest BCUT2D eigenvalue weighted by molar-refractivity contribution is 5.73. The monoisotopic (exact) mass is 366 g/mol. The molecule has 0 spiro atoms. The average Bonchev–Trinajstić information content (AvgIpc) is 2.44. The van der Waals surface area contributed by atoms with E-state index in [4.69, 9.17) is 19.3 Å². The van der Waals surface area contributed by atoms with Crippen molar-refractivity contribution in [2.24, 2.45) is 0 Å². The molecule has 10 heteroatoms. The Morgan fingerprint density at radius 3 is 2.24 bits per heavy atom. The molecule has 0 radical (unpaired) electrons. The molecule has 0 amide bonds. The van der Waals surface area contributed by atoms with Gasteiger partial charge in [-0.3, -0.25) is 9.59 Å². The van der Waals surface area contributed by atoms with Gasteiger partial charge in [0.05, 0.1) is 24.5 Å². The Morgan fingerprint density at radius 1 is 1.12 bits per heavy atom. The van der Waals surface area contributed by atoms with Gasteiger partial charge in [0, 0.05) is 0 Å². The van der Waals surface area contributed by atoms with Crippen LogP contribution in [-0.2, 0) is 23.8 Å². The van der Waals surface area contributed by atoms with Crippen LogP contribution in [0.3, 0.4) is 0 Å². The minimum Gasteiger partial charge on any atom is -0.481 e. The van der Waals surface area contributed by atoms with Crippen LogP contribution in [0.15, 0.2) is 0 Å². The molecule has 1 saturated heterocycles. The van der Waals surface area contributed by atoms with Crippen LogP contribution in [0.25, 0.3) is 0 Å². The topological polar surface area (TPSA) is 163 Å². The molecule has 1 aliphatic rings. The van der Waals surface area contributed by atoms with E-state index < -0.39 is 67.7 Å². The second-order valence-electron chi connectivity index (χ2n) is 6.63. The molecule has 0 aliphatic carbocycles. The number of carboxylic acid groups (broad SMARTS) is 1. The molecule has 0 aromatic rings. The molecule has 0 aromatic heterocycles. The smallest absolute Gasteiger partial charge is 0.308 e. The summed E-state index contributed by atoms with van der Waals surface area (Å²) in [6.45, 7) is 4.09. The lowest BCUT2D eigenvalue weighted by atomic mass is 9.98.